The lowest BCUT2D eigenvalue weighted by Gasteiger charge is -2.04. The van der Waals surface area contributed by atoms with Gasteiger partial charge in [-0.05, 0) is 18.1 Å². The highest BCUT2D eigenvalue weighted by Gasteiger charge is 2.08. The normalized spacial score (nSPS) is 9.75. The molecule has 0 aromatic heterocycles. The van der Waals surface area contributed by atoms with Gasteiger partial charge in [-0.1, -0.05) is 13.0 Å². The number of hydrogen-bond donors (Lipinski definition) is 2. The largest absolute Gasteiger partial charge is 0.504 e. The molecule has 0 aliphatic rings. The number of carbonyl (C=O) groups excluding carboxylic acids is 1. The van der Waals surface area contributed by atoms with Crippen LogP contribution < -0.4 is 0 Å². The number of aldehydes is 1. The molecule has 3 heteroatoms. The summed E-state index contributed by atoms with van der Waals surface area (Å²) in [5.74, 6) is -0.522. The zero-order chi connectivity index (χ0) is 9.14. The van der Waals surface area contributed by atoms with E-state index in [1.165, 1.54) is 6.07 Å². The molecular weight excluding hydrogens is 156 g/mol. The third kappa shape index (κ3) is 1.25. The van der Waals surface area contributed by atoms with Crippen molar-refractivity contribution in [2.75, 3.05) is 0 Å². The van der Waals surface area contributed by atoms with Crippen molar-refractivity contribution in [3.05, 3.63) is 23.3 Å². The fourth-order valence-corrected chi connectivity index (χ4v) is 1.02. The lowest BCUT2D eigenvalue weighted by Crippen LogP contribution is -1.86. The van der Waals surface area contributed by atoms with Crippen LogP contribution in [0.3, 0.4) is 0 Å². The zero-order valence-electron chi connectivity index (χ0n) is 6.74. The molecule has 0 bridgehead atoms. The standard InChI is InChI=1S/C9H10O3/c1-2-6-3-4-7(5-10)9(12)8(6)11/h3-5,11-12H,2H2,1H3. The van der Waals surface area contributed by atoms with E-state index in [0.29, 0.717) is 18.3 Å². The van der Waals surface area contributed by atoms with Gasteiger partial charge in [0.15, 0.2) is 17.8 Å². The van der Waals surface area contributed by atoms with Crippen LogP contribution in [0.2, 0.25) is 0 Å². The molecule has 0 atom stereocenters. The van der Waals surface area contributed by atoms with Crippen LogP contribution in [0, 0.1) is 0 Å². The molecule has 3 nitrogen and oxygen atoms in total. The molecule has 0 amide bonds. The number of carbonyl (C=O) groups is 1. The Morgan fingerprint density at radius 3 is 2.50 bits per heavy atom. The molecule has 0 radical (unpaired) electrons. The van der Waals surface area contributed by atoms with E-state index < -0.39 is 0 Å². The van der Waals surface area contributed by atoms with Crippen LogP contribution in [0.4, 0.5) is 0 Å². The predicted molar refractivity (Wildman–Crippen MR) is 44.5 cm³/mol. The minimum Gasteiger partial charge on any atom is -0.504 e. The Kier molecular flexibility index (Phi) is 2.33. The maximum absolute atomic E-state index is 10.3. The van der Waals surface area contributed by atoms with Crippen LogP contribution in [-0.2, 0) is 6.42 Å². The molecule has 0 fully saturated rings. The molecule has 0 aliphatic carbocycles. The van der Waals surface area contributed by atoms with Crippen LogP contribution in [0.1, 0.15) is 22.8 Å². The van der Waals surface area contributed by atoms with Crippen molar-refractivity contribution in [3.8, 4) is 11.5 Å². The van der Waals surface area contributed by atoms with Crippen molar-refractivity contribution in [2.24, 2.45) is 0 Å². The van der Waals surface area contributed by atoms with Crippen molar-refractivity contribution in [2.45, 2.75) is 13.3 Å². The summed E-state index contributed by atoms with van der Waals surface area (Å²) in [5, 5.41) is 18.5. The van der Waals surface area contributed by atoms with Gasteiger partial charge < -0.3 is 10.2 Å². The van der Waals surface area contributed by atoms with Crippen LogP contribution >= 0.6 is 0 Å². The molecule has 0 saturated heterocycles. The van der Waals surface area contributed by atoms with Gasteiger partial charge in [-0.2, -0.15) is 0 Å². The van der Waals surface area contributed by atoms with Crippen LogP contribution in [-0.4, -0.2) is 16.5 Å². The van der Waals surface area contributed by atoms with E-state index in [-0.39, 0.29) is 17.1 Å². The number of phenolic OH excluding ortho intramolecular Hbond substituents is 2. The smallest absolute Gasteiger partial charge is 0.168 e. The van der Waals surface area contributed by atoms with Crippen molar-refractivity contribution in [1.82, 2.24) is 0 Å². The third-order valence-corrected chi connectivity index (χ3v) is 1.77. The summed E-state index contributed by atoms with van der Waals surface area (Å²) in [6, 6.07) is 3.11. The van der Waals surface area contributed by atoms with E-state index in [4.69, 9.17) is 0 Å². The van der Waals surface area contributed by atoms with Crippen molar-refractivity contribution < 1.29 is 15.0 Å². The van der Waals surface area contributed by atoms with E-state index in [1.54, 1.807) is 6.07 Å². The Balaban J connectivity index is 3.29. The quantitative estimate of drug-likeness (QED) is 0.516. The Morgan fingerprint density at radius 2 is 2.00 bits per heavy atom. The Labute approximate surface area is 70.3 Å². The second-order valence-corrected chi connectivity index (χ2v) is 2.48. The first-order chi connectivity index (χ1) is 5.70. The molecule has 64 valence electrons. The summed E-state index contributed by atoms with van der Waals surface area (Å²) in [4.78, 5) is 10.3. The number of benzene rings is 1. The van der Waals surface area contributed by atoms with Gasteiger partial charge in [-0.25, -0.2) is 0 Å². The van der Waals surface area contributed by atoms with Gasteiger partial charge in [-0.3, -0.25) is 4.79 Å². The summed E-state index contributed by atoms with van der Waals surface area (Å²) in [5.41, 5.74) is 0.753. The first-order valence-corrected chi connectivity index (χ1v) is 3.69. The highest BCUT2D eigenvalue weighted by Crippen LogP contribution is 2.31. The van der Waals surface area contributed by atoms with Gasteiger partial charge in [0.05, 0.1) is 5.56 Å². The molecule has 1 aromatic rings. The number of hydrogen-bond acceptors (Lipinski definition) is 3. The number of rotatable bonds is 2. The Bertz CT molecular complexity index is 305. The van der Waals surface area contributed by atoms with Gasteiger partial charge in [0.25, 0.3) is 0 Å². The van der Waals surface area contributed by atoms with E-state index >= 15 is 0 Å². The molecule has 12 heavy (non-hydrogen) atoms. The lowest BCUT2D eigenvalue weighted by molar-refractivity contribution is 0.112. The molecule has 0 aliphatic heterocycles. The maximum atomic E-state index is 10.3. The van der Waals surface area contributed by atoms with Crippen LogP contribution in [0.5, 0.6) is 11.5 Å². The highest BCUT2D eigenvalue weighted by molar-refractivity contribution is 5.81. The number of aryl methyl sites for hydroxylation is 1. The molecule has 0 saturated carbocycles. The first-order valence-electron chi connectivity index (χ1n) is 3.69. The van der Waals surface area contributed by atoms with E-state index in [9.17, 15) is 15.0 Å². The fourth-order valence-electron chi connectivity index (χ4n) is 1.02. The number of phenols is 2. The van der Waals surface area contributed by atoms with Gasteiger partial charge in [0.1, 0.15) is 0 Å². The minimum absolute atomic E-state index is 0.115. The second-order valence-electron chi connectivity index (χ2n) is 2.48. The molecular formula is C9H10O3. The van der Waals surface area contributed by atoms with E-state index in [0.717, 1.165) is 0 Å². The zero-order valence-corrected chi connectivity index (χ0v) is 6.74. The maximum Gasteiger partial charge on any atom is 0.168 e. The van der Waals surface area contributed by atoms with E-state index in [1.807, 2.05) is 6.92 Å². The SMILES string of the molecule is CCc1ccc(C=O)c(O)c1O. The van der Waals surface area contributed by atoms with Crippen molar-refractivity contribution in [1.29, 1.82) is 0 Å². The van der Waals surface area contributed by atoms with Crippen LogP contribution in [0.15, 0.2) is 12.1 Å². The van der Waals surface area contributed by atoms with E-state index in [2.05, 4.69) is 0 Å². The van der Waals surface area contributed by atoms with Gasteiger partial charge >= 0.3 is 0 Å². The Morgan fingerprint density at radius 1 is 1.33 bits per heavy atom. The summed E-state index contributed by atoms with van der Waals surface area (Å²) < 4.78 is 0. The Hall–Kier alpha value is -1.51. The van der Waals surface area contributed by atoms with Crippen molar-refractivity contribution >= 4 is 6.29 Å². The predicted octanol–water partition coefficient (Wildman–Crippen LogP) is 1.47. The topological polar surface area (TPSA) is 57.5 Å². The van der Waals surface area contributed by atoms with Crippen LogP contribution in [0.25, 0.3) is 0 Å². The highest BCUT2D eigenvalue weighted by atomic mass is 16.3. The first kappa shape index (κ1) is 8.59. The summed E-state index contributed by atoms with van der Waals surface area (Å²) in [6.07, 6.45) is 1.13. The molecule has 0 spiro atoms. The minimum atomic E-state index is -0.329. The number of aromatic hydroxyl groups is 2. The molecule has 0 heterocycles. The van der Waals surface area contributed by atoms with Gasteiger partial charge in [-0.15, -0.1) is 0 Å². The summed E-state index contributed by atoms with van der Waals surface area (Å²) >= 11 is 0. The summed E-state index contributed by atoms with van der Waals surface area (Å²) in [6.45, 7) is 1.86. The third-order valence-electron chi connectivity index (χ3n) is 1.77. The molecule has 1 rings (SSSR count). The lowest BCUT2D eigenvalue weighted by atomic mass is 10.1. The summed E-state index contributed by atoms with van der Waals surface area (Å²) in [7, 11) is 0. The second kappa shape index (κ2) is 3.26. The van der Waals surface area contributed by atoms with Gasteiger partial charge in [0.2, 0.25) is 0 Å². The molecule has 2 N–H and O–H groups in total. The average molecular weight is 166 g/mol. The van der Waals surface area contributed by atoms with Crippen molar-refractivity contribution in [3.63, 3.8) is 0 Å². The van der Waals surface area contributed by atoms with Gasteiger partial charge in [0, 0.05) is 0 Å². The average Bonchev–Trinajstić information content (AvgIpc) is 2.10. The fraction of sp³-hybridized carbons (Fsp3) is 0.222. The molecule has 1 aromatic carbocycles. The monoisotopic (exact) mass is 166 g/mol. The molecule has 0 unspecified atom stereocenters.